The summed E-state index contributed by atoms with van der Waals surface area (Å²) in [6, 6.07) is 13.1. The van der Waals surface area contributed by atoms with Gasteiger partial charge in [-0.2, -0.15) is 10.4 Å². The molecule has 1 unspecified atom stereocenters. The first-order chi connectivity index (χ1) is 9.64. The van der Waals surface area contributed by atoms with Gasteiger partial charge in [-0.3, -0.25) is 4.68 Å². The van der Waals surface area contributed by atoms with Gasteiger partial charge in [0.15, 0.2) is 0 Å². The first-order valence-corrected chi connectivity index (χ1v) is 7.14. The van der Waals surface area contributed by atoms with Gasteiger partial charge >= 0.3 is 0 Å². The fourth-order valence-electron chi connectivity index (χ4n) is 3.40. The van der Waals surface area contributed by atoms with E-state index in [-0.39, 0.29) is 0 Å². The van der Waals surface area contributed by atoms with E-state index in [1.165, 1.54) is 11.1 Å². The second-order valence-electron chi connectivity index (χ2n) is 5.78. The summed E-state index contributed by atoms with van der Waals surface area (Å²) >= 11 is 0. The molecule has 3 rings (SSSR count). The van der Waals surface area contributed by atoms with Crippen molar-refractivity contribution in [3.05, 3.63) is 52.8 Å². The molecule has 20 heavy (non-hydrogen) atoms. The molecule has 3 nitrogen and oxygen atoms in total. The summed E-state index contributed by atoms with van der Waals surface area (Å²) in [5.41, 5.74) is 4.31. The summed E-state index contributed by atoms with van der Waals surface area (Å²) in [5, 5.41) is 14.3. The molecule has 1 aromatic heterocycles. The van der Waals surface area contributed by atoms with E-state index in [4.69, 9.17) is 0 Å². The van der Waals surface area contributed by atoms with Gasteiger partial charge in [0.05, 0.1) is 17.2 Å². The number of benzene rings is 1. The number of nitriles is 1. The highest BCUT2D eigenvalue weighted by atomic mass is 15.3. The zero-order chi connectivity index (χ0) is 14.2. The minimum absolute atomic E-state index is 0.394. The van der Waals surface area contributed by atoms with Crippen molar-refractivity contribution in [2.24, 2.45) is 7.05 Å². The molecule has 0 spiro atoms. The maximum atomic E-state index is 9.87. The lowest BCUT2D eigenvalue weighted by Gasteiger charge is -2.33. The Morgan fingerprint density at radius 3 is 2.90 bits per heavy atom. The van der Waals surface area contributed by atoms with Gasteiger partial charge in [0.1, 0.15) is 0 Å². The molecule has 102 valence electrons. The van der Waals surface area contributed by atoms with E-state index in [0.29, 0.717) is 0 Å². The van der Waals surface area contributed by atoms with E-state index in [2.05, 4.69) is 35.4 Å². The maximum Gasteiger partial charge on any atom is 0.0880 e. The lowest BCUT2D eigenvalue weighted by Crippen LogP contribution is -2.32. The maximum absolute atomic E-state index is 9.87. The Balaban J connectivity index is 2.06. The second kappa shape index (κ2) is 4.79. The molecule has 1 heterocycles. The van der Waals surface area contributed by atoms with E-state index in [0.717, 1.165) is 37.1 Å². The summed E-state index contributed by atoms with van der Waals surface area (Å²) in [4.78, 5) is 0. The number of rotatable bonds is 2. The molecule has 0 radical (unpaired) electrons. The summed E-state index contributed by atoms with van der Waals surface area (Å²) < 4.78 is 1.91. The Kier molecular flexibility index (Phi) is 3.10. The van der Waals surface area contributed by atoms with E-state index < -0.39 is 5.41 Å². The Morgan fingerprint density at radius 2 is 2.20 bits per heavy atom. The predicted octanol–water partition coefficient (Wildman–Crippen LogP) is 3.07. The second-order valence-corrected chi connectivity index (χ2v) is 5.78. The summed E-state index contributed by atoms with van der Waals surface area (Å²) in [6.45, 7) is 2.00. The van der Waals surface area contributed by atoms with Gasteiger partial charge in [-0.1, -0.05) is 24.3 Å². The van der Waals surface area contributed by atoms with Crippen molar-refractivity contribution in [3.63, 3.8) is 0 Å². The van der Waals surface area contributed by atoms with Crippen LogP contribution in [0.5, 0.6) is 0 Å². The van der Waals surface area contributed by atoms with E-state index >= 15 is 0 Å². The molecule has 0 N–H and O–H groups in total. The van der Waals surface area contributed by atoms with E-state index in [9.17, 15) is 5.26 Å². The lowest BCUT2D eigenvalue weighted by atomic mass is 9.68. The Hall–Kier alpha value is -2.08. The molecule has 0 fully saturated rings. The molecule has 2 aromatic rings. The number of hydrogen-bond acceptors (Lipinski definition) is 2. The highest BCUT2D eigenvalue weighted by molar-refractivity contribution is 5.43. The first kappa shape index (κ1) is 12.9. The normalized spacial score (nSPS) is 21.2. The minimum Gasteiger partial charge on any atom is -0.272 e. The third-order valence-corrected chi connectivity index (χ3v) is 4.38. The number of fused-ring (bicyclic) bond motifs is 1. The van der Waals surface area contributed by atoms with Crippen molar-refractivity contribution in [3.8, 4) is 6.07 Å². The molecular formula is C17H19N3. The van der Waals surface area contributed by atoms with Crippen LogP contribution in [0.3, 0.4) is 0 Å². The average molecular weight is 265 g/mol. The van der Waals surface area contributed by atoms with Crippen molar-refractivity contribution < 1.29 is 0 Å². The SMILES string of the molecule is Cc1cc(CC2(C#N)CCCc3ccccc32)n(C)n1. The summed E-state index contributed by atoms with van der Waals surface area (Å²) in [5.74, 6) is 0. The molecule has 1 aliphatic rings. The third-order valence-electron chi connectivity index (χ3n) is 4.38. The fourth-order valence-corrected chi connectivity index (χ4v) is 3.40. The van der Waals surface area contributed by atoms with Gasteiger partial charge in [-0.05, 0) is 43.4 Å². The highest BCUT2D eigenvalue weighted by Crippen LogP contribution is 2.39. The number of hydrogen-bond donors (Lipinski definition) is 0. The van der Waals surface area contributed by atoms with Crippen LogP contribution in [0.2, 0.25) is 0 Å². The zero-order valence-corrected chi connectivity index (χ0v) is 12.1. The molecule has 3 heteroatoms. The van der Waals surface area contributed by atoms with Crippen LogP contribution in [-0.2, 0) is 25.3 Å². The monoisotopic (exact) mass is 265 g/mol. The molecule has 0 amide bonds. The van der Waals surface area contributed by atoms with Crippen LogP contribution in [0.25, 0.3) is 0 Å². The van der Waals surface area contributed by atoms with Crippen LogP contribution >= 0.6 is 0 Å². The van der Waals surface area contributed by atoms with Gasteiger partial charge in [0.2, 0.25) is 0 Å². The molecular weight excluding hydrogens is 246 g/mol. The van der Waals surface area contributed by atoms with Gasteiger partial charge in [-0.15, -0.1) is 0 Å². The molecule has 1 aliphatic carbocycles. The third kappa shape index (κ3) is 2.02. The average Bonchev–Trinajstić information content (AvgIpc) is 2.77. The zero-order valence-electron chi connectivity index (χ0n) is 12.1. The topological polar surface area (TPSA) is 41.6 Å². The van der Waals surface area contributed by atoms with Crippen molar-refractivity contribution in [2.45, 2.75) is 38.0 Å². The van der Waals surface area contributed by atoms with Crippen LogP contribution in [0.1, 0.15) is 35.4 Å². The van der Waals surface area contributed by atoms with Crippen LogP contribution in [0, 0.1) is 18.3 Å². The lowest BCUT2D eigenvalue weighted by molar-refractivity contribution is 0.438. The largest absolute Gasteiger partial charge is 0.272 e. The molecule has 0 saturated heterocycles. The van der Waals surface area contributed by atoms with Gasteiger partial charge < -0.3 is 0 Å². The van der Waals surface area contributed by atoms with Gasteiger partial charge in [0.25, 0.3) is 0 Å². The Morgan fingerprint density at radius 1 is 1.40 bits per heavy atom. The molecule has 0 saturated carbocycles. The van der Waals surface area contributed by atoms with Gasteiger partial charge in [0, 0.05) is 19.2 Å². The standard InChI is InChI=1S/C17H19N3/c1-13-10-15(20(2)19-13)11-17(12-18)9-5-7-14-6-3-4-8-16(14)17/h3-4,6,8,10H,5,7,9,11H2,1-2H3. The first-order valence-electron chi connectivity index (χ1n) is 7.14. The molecule has 0 aliphatic heterocycles. The Labute approximate surface area is 119 Å². The predicted molar refractivity (Wildman–Crippen MR) is 78.3 cm³/mol. The number of nitrogens with zero attached hydrogens (tertiary/aromatic N) is 3. The van der Waals surface area contributed by atoms with Crippen molar-refractivity contribution in [2.75, 3.05) is 0 Å². The minimum atomic E-state index is -0.394. The highest BCUT2D eigenvalue weighted by Gasteiger charge is 2.37. The van der Waals surface area contributed by atoms with E-state index in [1.54, 1.807) is 0 Å². The van der Waals surface area contributed by atoms with Crippen molar-refractivity contribution >= 4 is 0 Å². The van der Waals surface area contributed by atoms with Crippen LogP contribution in [-0.4, -0.2) is 9.78 Å². The van der Waals surface area contributed by atoms with Crippen LogP contribution in [0.4, 0.5) is 0 Å². The number of aromatic nitrogens is 2. The van der Waals surface area contributed by atoms with Crippen LogP contribution in [0.15, 0.2) is 30.3 Å². The quantitative estimate of drug-likeness (QED) is 0.837. The van der Waals surface area contributed by atoms with Crippen LogP contribution < -0.4 is 0 Å². The summed E-state index contributed by atoms with van der Waals surface area (Å²) in [7, 11) is 1.96. The summed E-state index contributed by atoms with van der Waals surface area (Å²) in [6.07, 6.45) is 3.86. The number of aryl methyl sites for hydroxylation is 3. The van der Waals surface area contributed by atoms with Crippen molar-refractivity contribution in [1.29, 1.82) is 5.26 Å². The Bertz CT molecular complexity index is 678. The molecule has 1 atom stereocenters. The molecule has 0 bridgehead atoms. The fraction of sp³-hybridized carbons (Fsp3) is 0.412. The molecule has 1 aromatic carbocycles. The van der Waals surface area contributed by atoms with Crippen molar-refractivity contribution in [1.82, 2.24) is 9.78 Å². The van der Waals surface area contributed by atoms with E-state index in [1.807, 2.05) is 24.7 Å². The smallest absolute Gasteiger partial charge is 0.0880 e. The van der Waals surface area contributed by atoms with Gasteiger partial charge in [-0.25, -0.2) is 0 Å².